The van der Waals surface area contributed by atoms with Gasteiger partial charge in [-0.15, -0.1) is 0 Å². The molecule has 1 aromatic heterocycles. The van der Waals surface area contributed by atoms with Gasteiger partial charge >= 0.3 is 0 Å². The Morgan fingerprint density at radius 1 is 1.41 bits per heavy atom. The third-order valence-electron chi connectivity index (χ3n) is 2.16. The van der Waals surface area contributed by atoms with E-state index < -0.39 is 10.0 Å². The van der Waals surface area contributed by atoms with Gasteiger partial charge in [0.1, 0.15) is 10.7 Å². The second-order valence-electron chi connectivity index (χ2n) is 3.67. The van der Waals surface area contributed by atoms with E-state index in [2.05, 4.69) is 10.3 Å². The predicted octanol–water partition coefficient (Wildman–Crippen LogP) is 0.126. The monoisotopic (exact) mass is 259 g/mol. The zero-order valence-electron chi connectivity index (χ0n) is 9.92. The summed E-state index contributed by atoms with van der Waals surface area (Å²) >= 11 is 0. The standard InChI is InChI=1S/C10H17N3O3S/c1-13(2)17(15,16)9-4-5-10(12-8-9)11-6-3-7-14/h4-5,8,14H,3,6-7H2,1-2H3,(H,11,12). The topological polar surface area (TPSA) is 82.5 Å². The molecule has 1 rings (SSSR count). The van der Waals surface area contributed by atoms with Crippen LogP contribution in [0.15, 0.2) is 23.2 Å². The van der Waals surface area contributed by atoms with Crippen molar-refractivity contribution >= 4 is 15.8 Å². The van der Waals surface area contributed by atoms with Crippen molar-refractivity contribution in [2.75, 3.05) is 32.6 Å². The number of anilines is 1. The third-order valence-corrected chi connectivity index (χ3v) is 3.95. The summed E-state index contributed by atoms with van der Waals surface area (Å²) in [4.78, 5) is 4.16. The van der Waals surface area contributed by atoms with Crippen molar-refractivity contribution < 1.29 is 13.5 Å². The molecular formula is C10H17N3O3S. The van der Waals surface area contributed by atoms with Crippen molar-refractivity contribution in [3.63, 3.8) is 0 Å². The van der Waals surface area contributed by atoms with Crippen molar-refractivity contribution in [2.45, 2.75) is 11.3 Å². The molecule has 0 amide bonds. The lowest BCUT2D eigenvalue weighted by molar-refractivity contribution is 0.292. The summed E-state index contributed by atoms with van der Waals surface area (Å²) in [5.41, 5.74) is 0. The van der Waals surface area contributed by atoms with Crippen LogP contribution in [-0.2, 0) is 10.0 Å². The van der Waals surface area contributed by atoms with Crippen molar-refractivity contribution in [3.05, 3.63) is 18.3 Å². The largest absolute Gasteiger partial charge is 0.396 e. The lowest BCUT2D eigenvalue weighted by Crippen LogP contribution is -2.22. The summed E-state index contributed by atoms with van der Waals surface area (Å²) in [5, 5.41) is 11.6. The van der Waals surface area contributed by atoms with Crippen LogP contribution in [0.3, 0.4) is 0 Å². The Morgan fingerprint density at radius 3 is 2.59 bits per heavy atom. The maximum atomic E-state index is 11.7. The second-order valence-corrected chi connectivity index (χ2v) is 5.82. The molecule has 17 heavy (non-hydrogen) atoms. The van der Waals surface area contributed by atoms with Crippen LogP contribution in [-0.4, -0.2) is 50.1 Å². The van der Waals surface area contributed by atoms with Gasteiger partial charge in [0.15, 0.2) is 0 Å². The van der Waals surface area contributed by atoms with Crippen LogP contribution in [0.1, 0.15) is 6.42 Å². The average molecular weight is 259 g/mol. The van der Waals surface area contributed by atoms with Crippen LogP contribution in [0, 0.1) is 0 Å². The van der Waals surface area contributed by atoms with Gasteiger partial charge in [-0.1, -0.05) is 0 Å². The Hall–Kier alpha value is -1.18. The van der Waals surface area contributed by atoms with E-state index in [4.69, 9.17) is 5.11 Å². The van der Waals surface area contributed by atoms with Gasteiger partial charge in [-0.05, 0) is 18.6 Å². The summed E-state index contributed by atoms with van der Waals surface area (Å²) < 4.78 is 24.6. The zero-order valence-corrected chi connectivity index (χ0v) is 10.7. The molecular weight excluding hydrogens is 242 g/mol. The predicted molar refractivity (Wildman–Crippen MR) is 65.3 cm³/mol. The quantitative estimate of drug-likeness (QED) is 0.709. The molecule has 0 fully saturated rings. The highest BCUT2D eigenvalue weighted by Crippen LogP contribution is 2.13. The van der Waals surface area contributed by atoms with Crippen LogP contribution in [0.5, 0.6) is 0 Å². The lowest BCUT2D eigenvalue weighted by atomic mass is 10.4. The van der Waals surface area contributed by atoms with E-state index in [0.29, 0.717) is 18.8 Å². The van der Waals surface area contributed by atoms with Gasteiger partial charge in [-0.25, -0.2) is 17.7 Å². The Bertz CT molecular complexity index is 442. The number of rotatable bonds is 6. The minimum atomic E-state index is -3.42. The summed E-state index contributed by atoms with van der Waals surface area (Å²) in [6.07, 6.45) is 1.94. The number of pyridine rings is 1. The molecule has 0 saturated carbocycles. The number of aromatic nitrogens is 1. The van der Waals surface area contributed by atoms with Crippen LogP contribution in [0.2, 0.25) is 0 Å². The highest BCUT2D eigenvalue weighted by molar-refractivity contribution is 7.89. The number of sulfonamides is 1. The maximum Gasteiger partial charge on any atom is 0.244 e. The highest BCUT2D eigenvalue weighted by Gasteiger charge is 2.16. The Morgan fingerprint density at radius 2 is 2.12 bits per heavy atom. The minimum Gasteiger partial charge on any atom is -0.396 e. The SMILES string of the molecule is CN(C)S(=O)(=O)c1ccc(NCCCO)nc1. The van der Waals surface area contributed by atoms with E-state index in [1.54, 1.807) is 6.07 Å². The van der Waals surface area contributed by atoms with Crippen molar-refractivity contribution in [3.8, 4) is 0 Å². The molecule has 2 N–H and O–H groups in total. The fourth-order valence-electron chi connectivity index (χ4n) is 1.14. The summed E-state index contributed by atoms with van der Waals surface area (Å²) in [5.74, 6) is 0.594. The number of nitrogens with one attached hydrogen (secondary N) is 1. The maximum absolute atomic E-state index is 11.7. The fourth-order valence-corrected chi connectivity index (χ4v) is 1.99. The van der Waals surface area contributed by atoms with Gasteiger partial charge in [0.25, 0.3) is 0 Å². The lowest BCUT2D eigenvalue weighted by Gasteiger charge is -2.11. The number of aliphatic hydroxyl groups is 1. The Labute approximate surface area is 101 Å². The second kappa shape index (κ2) is 5.95. The van der Waals surface area contributed by atoms with E-state index in [0.717, 1.165) is 4.31 Å². The van der Waals surface area contributed by atoms with E-state index >= 15 is 0 Å². The van der Waals surface area contributed by atoms with E-state index in [9.17, 15) is 8.42 Å². The first-order valence-electron chi connectivity index (χ1n) is 5.22. The Kier molecular flexibility index (Phi) is 4.86. The van der Waals surface area contributed by atoms with Crippen LogP contribution in [0.25, 0.3) is 0 Å². The van der Waals surface area contributed by atoms with Gasteiger partial charge < -0.3 is 10.4 Å². The highest BCUT2D eigenvalue weighted by atomic mass is 32.2. The molecule has 0 aliphatic heterocycles. The summed E-state index contributed by atoms with van der Waals surface area (Å²) in [7, 11) is -0.466. The van der Waals surface area contributed by atoms with E-state index in [1.807, 2.05) is 0 Å². The van der Waals surface area contributed by atoms with Crippen LogP contribution >= 0.6 is 0 Å². The molecule has 0 bridgehead atoms. The normalized spacial score (nSPS) is 11.8. The molecule has 0 aliphatic carbocycles. The number of hydrogen-bond donors (Lipinski definition) is 2. The Balaban J connectivity index is 2.75. The first-order valence-corrected chi connectivity index (χ1v) is 6.66. The average Bonchev–Trinajstić information content (AvgIpc) is 2.30. The van der Waals surface area contributed by atoms with Gasteiger partial charge in [0.2, 0.25) is 10.0 Å². The van der Waals surface area contributed by atoms with Gasteiger partial charge in [-0.3, -0.25) is 0 Å². The molecule has 0 radical (unpaired) electrons. The number of nitrogens with zero attached hydrogens (tertiary/aromatic N) is 2. The molecule has 1 aromatic rings. The molecule has 0 unspecified atom stereocenters. The van der Waals surface area contributed by atoms with Crippen molar-refractivity contribution in [1.82, 2.24) is 9.29 Å². The number of aliphatic hydroxyl groups excluding tert-OH is 1. The number of hydrogen-bond acceptors (Lipinski definition) is 5. The molecule has 0 aliphatic rings. The van der Waals surface area contributed by atoms with Gasteiger partial charge in [-0.2, -0.15) is 0 Å². The van der Waals surface area contributed by atoms with Crippen LogP contribution < -0.4 is 5.32 Å². The molecule has 0 saturated heterocycles. The molecule has 0 spiro atoms. The smallest absolute Gasteiger partial charge is 0.244 e. The van der Waals surface area contributed by atoms with Crippen molar-refractivity contribution in [1.29, 1.82) is 0 Å². The molecule has 0 atom stereocenters. The zero-order chi connectivity index (χ0) is 12.9. The first-order chi connectivity index (χ1) is 7.98. The summed E-state index contributed by atoms with van der Waals surface area (Å²) in [6.45, 7) is 0.712. The molecule has 1 heterocycles. The van der Waals surface area contributed by atoms with Crippen LogP contribution in [0.4, 0.5) is 5.82 Å². The molecule has 6 nitrogen and oxygen atoms in total. The molecule has 96 valence electrons. The molecule has 7 heteroatoms. The van der Waals surface area contributed by atoms with Crippen molar-refractivity contribution in [2.24, 2.45) is 0 Å². The summed E-state index contributed by atoms with van der Waals surface area (Å²) in [6, 6.07) is 3.11. The van der Waals surface area contributed by atoms with Gasteiger partial charge in [0.05, 0.1) is 0 Å². The first kappa shape index (κ1) is 13.9. The van der Waals surface area contributed by atoms with E-state index in [1.165, 1.54) is 26.4 Å². The molecule has 0 aromatic carbocycles. The van der Waals surface area contributed by atoms with E-state index in [-0.39, 0.29) is 11.5 Å². The van der Waals surface area contributed by atoms with Gasteiger partial charge in [0, 0.05) is 33.4 Å². The fraction of sp³-hybridized carbons (Fsp3) is 0.500. The minimum absolute atomic E-state index is 0.111. The third kappa shape index (κ3) is 3.65.